The van der Waals surface area contributed by atoms with Gasteiger partial charge in [0.2, 0.25) is 0 Å². The Morgan fingerprint density at radius 1 is 1.28 bits per heavy atom. The van der Waals surface area contributed by atoms with Crippen LogP contribution < -0.4 is 10.6 Å². The van der Waals surface area contributed by atoms with Crippen molar-refractivity contribution >= 4 is 17.6 Å². The van der Waals surface area contributed by atoms with Crippen LogP contribution in [0.4, 0.5) is 5.82 Å². The molecule has 1 aliphatic heterocycles. The summed E-state index contributed by atoms with van der Waals surface area (Å²) in [7, 11) is 0. The zero-order valence-electron chi connectivity index (χ0n) is 14.0. The van der Waals surface area contributed by atoms with E-state index < -0.39 is 0 Å². The van der Waals surface area contributed by atoms with E-state index in [1.807, 2.05) is 11.8 Å². The molecule has 0 radical (unpaired) electrons. The first-order chi connectivity index (χ1) is 12.3. The fourth-order valence-corrected chi connectivity index (χ4v) is 5.09. The maximum atomic E-state index is 9.42. The third kappa shape index (κ3) is 2.81. The lowest BCUT2D eigenvalue weighted by atomic mass is 9.85. The molecular weight excluding hydrogens is 330 g/mol. The molecule has 5 rings (SSSR count). The predicted octanol–water partition coefficient (Wildman–Crippen LogP) is 3.64. The lowest BCUT2D eigenvalue weighted by Gasteiger charge is -2.32. The van der Waals surface area contributed by atoms with E-state index in [2.05, 4.69) is 38.8 Å². The van der Waals surface area contributed by atoms with Crippen LogP contribution in [0.3, 0.4) is 0 Å². The van der Waals surface area contributed by atoms with E-state index in [9.17, 15) is 5.26 Å². The monoisotopic (exact) mass is 351 g/mol. The molecule has 1 aromatic heterocycles. The lowest BCUT2D eigenvalue weighted by Crippen LogP contribution is -2.38. The Hall–Kier alpha value is -2.00. The van der Waals surface area contributed by atoms with Crippen LogP contribution in [0, 0.1) is 17.2 Å². The highest BCUT2D eigenvalue weighted by Crippen LogP contribution is 2.45. The molecule has 0 bridgehead atoms. The first kappa shape index (κ1) is 15.3. The van der Waals surface area contributed by atoms with Gasteiger partial charge in [-0.05, 0) is 38.0 Å². The van der Waals surface area contributed by atoms with E-state index in [4.69, 9.17) is 0 Å². The van der Waals surface area contributed by atoms with Gasteiger partial charge in [0.05, 0.1) is 17.6 Å². The molecule has 3 aliphatic carbocycles. The van der Waals surface area contributed by atoms with E-state index in [1.54, 1.807) is 6.20 Å². The zero-order valence-corrected chi connectivity index (χ0v) is 14.9. The zero-order chi connectivity index (χ0) is 16.8. The molecule has 2 heterocycles. The molecule has 2 unspecified atom stereocenters. The number of hydrogen-bond acceptors (Lipinski definition) is 6. The fraction of sp³-hybridized carbons (Fsp3) is 0.526. The third-order valence-electron chi connectivity index (χ3n) is 5.57. The van der Waals surface area contributed by atoms with Crippen molar-refractivity contribution in [1.82, 2.24) is 15.3 Å². The summed E-state index contributed by atoms with van der Waals surface area (Å²) in [6.07, 6.45) is 13.4. The van der Waals surface area contributed by atoms with Gasteiger partial charge in [-0.3, -0.25) is 0 Å². The van der Waals surface area contributed by atoms with Crippen LogP contribution in [0.5, 0.6) is 0 Å². The molecule has 5 nitrogen and oxygen atoms in total. The quantitative estimate of drug-likeness (QED) is 0.863. The molecule has 4 aliphatic rings. The number of nitrogens with zero attached hydrogens (tertiary/aromatic N) is 3. The molecule has 1 aromatic rings. The topological polar surface area (TPSA) is 73.6 Å². The fourth-order valence-electron chi connectivity index (χ4n) is 3.66. The Morgan fingerprint density at radius 2 is 2.16 bits per heavy atom. The SMILES string of the molecule is N#Cc1cnc(C2CC2)nc1NC1CC=CC2=C1NC(C1CCC1)S2. The molecule has 0 aromatic carbocycles. The average Bonchev–Trinajstić information content (AvgIpc) is 3.34. The second kappa shape index (κ2) is 6.06. The van der Waals surface area contributed by atoms with Crippen LogP contribution >= 0.6 is 11.8 Å². The van der Waals surface area contributed by atoms with Crippen LogP contribution in [0.15, 0.2) is 29.0 Å². The van der Waals surface area contributed by atoms with Gasteiger partial charge in [0.25, 0.3) is 0 Å². The van der Waals surface area contributed by atoms with Gasteiger partial charge in [-0.2, -0.15) is 5.26 Å². The highest BCUT2D eigenvalue weighted by Gasteiger charge is 2.37. The Labute approximate surface area is 152 Å². The van der Waals surface area contributed by atoms with E-state index in [1.165, 1.54) is 29.9 Å². The van der Waals surface area contributed by atoms with Gasteiger partial charge in [0, 0.05) is 16.5 Å². The van der Waals surface area contributed by atoms with E-state index in [-0.39, 0.29) is 6.04 Å². The van der Waals surface area contributed by atoms with Crippen molar-refractivity contribution in [2.24, 2.45) is 5.92 Å². The number of hydrogen-bond donors (Lipinski definition) is 2. The van der Waals surface area contributed by atoms with Gasteiger partial charge in [-0.25, -0.2) is 9.97 Å². The smallest absolute Gasteiger partial charge is 0.148 e. The van der Waals surface area contributed by atoms with E-state index in [0.29, 0.717) is 22.7 Å². The van der Waals surface area contributed by atoms with Crippen molar-refractivity contribution < 1.29 is 0 Å². The average molecular weight is 351 g/mol. The van der Waals surface area contributed by atoms with Gasteiger partial charge < -0.3 is 10.6 Å². The van der Waals surface area contributed by atoms with Gasteiger partial charge in [-0.15, -0.1) is 0 Å². The second-order valence-electron chi connectivity index (χ2n) is 7.36. The first-order valence-corrected chi connectivity index (χ1v) is 10.1. The standard InChI is InChI=1S/C19H21N5S/c20-9-13-10-21-17(11-7-8-11)24-18(13)22-14-5-2-6-15-16(14)23-19(25-15)12-3-1-4-12/h2,6,10-12,14,19,23H,1,3-5,7-8H2,(H,21,22,24). The van der Waals surface area contributed by atoms with Gasteiger partial charge in [-0.1, -0.05) is 30.3 Å². The van der Waals surface area contributed by atoms with E-state index in [0.717, 1.165) is 31.0 Å². The van der Waals surface area contributed by atoms with Crippen molar-refractivity contribution in [1.29, 1.82) is 5.26 Å². The summed E-state index contributed by atoms with van der Waals surface area (Å²) >= 11 is 1.96. The number of thioether (sulfide) groups is 1. The molecule has 0 saturated heterocycles. The number of aromatic nitrogens is 2. The molecule has 0 spiro atoms. The highest BCUT2D eigenvalue weighted by molar-refractivity contribution is 8.04. The number of anilines is 1. The summed E-state index contributed by atoms with van der Waals surface area (Å²) in [5.41, 5.74) is 1.81. The number of nitrogens with one attached hydrogen (secondary N) is 2. The Kier molecular flexibility index (Phi) is 3.70. The summed E-state index contributed by atoms with van der Waals surface area (Å²) in [6.45, 7) is 0. The van der Waals surface area contributed by atoms with Gasteiger partial charge >= 0.3 is 0 Å². The normalized spacial score (nSPS) is 28.1. The van der Waals surface area contributed by atoms with E-state index >= 15 is 0 Å². The minimum absolute atomic E-state index is 0.159. The summed E-state index contributed by atoms with van der Waals surface area (Å²) in [5, 5.41) is 17.2. The largest absolute Gasteiger partial charge is 0.373 e. The lowest BCUT2D eigenvalue weighted by molar-refractivity contribution is 0.292. The molecule has 128 valence electrons. The Morgan fingerprint density at radius 3 is 2.88 bits per heavy atom. The Bertz CT molecular complexity index is 801. The summed E-state index contributed by atoms with van der Waals surface area (Å²) < 4.78 is 0. The van der Waals surface area contributed by atoms with Crippen LogP contribution in [0.2, 0.25) is 0 Å². The second-order valence-corrected chi connectivity index (χ2v) is 8.55. The van der Waals surface area contributed by atoms with Gasteiger partial charge in [0.1, 0.15) is 23.3 Å². The van der Waals surface area contributed by atoms with Crippen molar-refractivity contribution in [3.63, 3.8) is 0 Å². The number of nitriles is 1. The molecular formula is C19H21N5S. The van der Waals surface area contributed by atoms with Crippen LogP contribution in [-0.2, 0) is 0 Å². The first-order valence-electron chi connectivity index (χ1n) is 9.19. The molecule has 2 N–H and O–H groups in total. The van der Waals surface area contributed by atoms with Crippen molar-refractivity contribution in [2.45, 2.75) is 55.9 Å². The van der Waals surface area contributed by atoms with Crippen molar-refractivity contribution in [3.8, 4) is 6.07 Å². The predicted molar refractivity (Wildman–Crippen MR) is 98.8 cm³/mol. The summed E-state index contributed by atoms with van der Waals surface area (Å²) in [6, 6.07) is 2.39. The molecule has 25 heavy (non-hydrogen) atoms. The van der Waals surface area contributed by atoms with Crippen LogP contribution in [-0.4, -0.2) is 21.4 Å². The van der Waals surface area contributed by atoms with Crippen molar-refractivity contribution in [2.75, 3.05) is 5.32 Å². The Balaban J connectivity index is 1.38. The maximum absolute atomic E-state index is 9.42. The minimum atomic E-state index is 0.159. The van der Waals surface area contributed by atoms with Crippen LogP contribution in [0.1, 0.15) is 55.8 Å². The van der Waals surface area contributed by atoms with Crippen LogP contribution in [0.25, 0.3) is 0 Å². The molecule has 2 atom stereocenters. The summed E-state index contributed by atoms with van der Waals surface area (Å²) in [5.74, 6) is 2.84. The molecule has 6 heteroatoms. The van der Waals surface area contributed by atoms with Gasteiger partial charge in [0.15, 0.2) is 0 Å². The molecule has 2 saturated carbocycles. The van der Waals surface area contributed by atoms with Crippen molar-refractivity contribution in [3.05, 3.63) is 40.3 Å². The number of allylic oxidation sites excluding steroid dienone is 1. The maximum Gasteiger partial charge on any atom is 0.148 e. The molecule has 0 amide bonds. The molecule has 2 fully saturated rings. The highest BCUT2D eigenvalue weighted by atomic mass is 32.2. The summed E-state index contributed by atoms with van der Waals surface area (Å²) in [4.78, 5) is 10.4. The number of rotatable bonds is 4. The minimum Gasteiger partial charge on any atom is -0.373 e. The third-order valence-corrected chi connectivity index (χ3v) is 6.93.